The molecule has 2 unspecified atom stereocenters. The molecule has 1 aromatic carbocycles. The number of rotatable bonds is 6. The van der Waals surface area contributed by atoms with E-state index >= 15 is 0 Å². The number of morpholine rings is 1. The van der Waals surface area contributed by atoms with Gasteiger partial charge in [0.25, 0.3) is 5.91 Å². The van der Waals surface area contributed by atoms with E-state index in [1.807, 2.05) is 6.07 Å². The van der Waals surface area contributed by atoms with Crippen LogP contribution in [0.25, 0.3) is 0 Å². The highest BCUT2D eigenvalue weighted by molar-refractivity contribution is 5.96. The summed E-state index contributed by atoms with van der Waals surface area (Å²) in [5, 5.41) is 3.00. The van der Waals surface area contributed by atoms with Gasteiger partial charge >= 0.3 is 0 Å². The van der Waals surface area contributed by atoms with Crippen molar-refractivity contribution in [1.29, 1.82) is 0 Å². The predicted octanol–water partition coefficient (Wildman–Crippen LogP) is 2.21. The van der Waals surface area contributed by atoms with Gasteiger partial charge in [-0.15, -0.1) is 0 Å². The molecule has 2 aromatic rings. The van der Waals surface area contributed by atoms with Crippen molar-refractivity contribution in [3.05, 3.63) is 59.8 Å². The first-order valence-corrected chi connectivity index (χ1v) is 10.3. The largest absolute Gasteiger partial charge is 0.459 e. The van der Waals surface area contributed by atoms with Gasteiger partial charge in [0.1, 0.15) is 11.9 Å². The molecule has 30 heavy (non-hydrogen) atoms. The van der Waals surface area contributed by atoms with Crippen molar-refractivity contribution >= 4 is 11.8 Å². The van der Waals surface area contributed by atoms with Gasteiger partial charge in [0.15, 0.2) is 5.76 Å². The molecule has 2 saturated heterocycles. The number of amides is 2. The molecule has 0 saturated carbocycles. The molecule has 1 aromatic heterocycles. The topological polar surface area (TPSA) is 75.0 Å². The first-order valence-electron chi connectivity index (χ1n) is 10.3. The zero-order valence-corrected chi connectivity index (χ0v) is 16.8. The lowest BCUT2D eigenvalue weighted by atomic mass is 10.0. The first kappa shape index (κ1) is 20.6. The number of hydrogen-bond acceptors (Lipinski definition) is 5. The predicted molar refractivity (Wildman–Crippen MR) is 107 cm³/mol. The lowest BCUT2D eigenvalue weighted by molar-refractivity contribution is -0.125. The van der Waals surface area contributed by atoms with Crippen LogP contribution in [-0.2, 0) is 9.53 Å². The summed E-state index contributed by atoms with van der Waals surface area (Å²) >= 11 is 0. The highest BCUT2D eigenvalue weighted by Gasteiger charge is 2.36. The van der Waals surface area contributed by atoms with Gasteiger partial charge in [-0.1, -0.05) is 12.1 Å². The molecule has 8 heteroatoms. The van der Waals surface area contributed by atoms with E-state index in [1.165, 1.54) is 18.4 Å². The standard InChI is InChI=1S/C22H26FN3O4/c23-17-5-1-4-16(14-17)19(25-9-12-29-13-10-25)15-24-21(27)18-6-2-8-26(18)22(28)20-7-3-11-30-20/h1,3-5,7,11,14,18-19H,2,6,8-10,12-13,15H2,(H,24,27). The summed E-state index contributed by atoms with van der Waals surface area (Å²) in [6, 6.07) is 9.05. The molecule has 0 radical (unpaired) electrons. The number of nitrogens with one attached hydrogen (secondary N) is 1. The van der Waals surface area contributed by atoms with Gasteiger partial charge in [-0.3, -0.25) is 14.5 Å². The number of nitrogens with zero attached hydrogens (tertiary/aromatic N) is 2. The molecule has 3 heterocycles. The Bertz CT molecular complexity index is 867. The third kappa shape index (κ3) is 4.55. The molecular weight excluding hydrogens is 389 g/mol. The third-order valence-electron chi connectivity index (χ3n) is 5.74. The van der Waals surface area contributed by atoms with E-state index in [9.17, 15) is 14.0 Å². The van der Waals surface area contributed by atoms with E-state index in [0.717, 1.165) is 12.0 Å². The molecule has 2 fully saturated rings. The van der Waals surface area contributed by atoms with E-state index in [0.29, 0.717) is 45.8 Å². The monoisotopic (exact) mass is 415 g/mol. The van der Waals surface area contributed by atoms with Crippen LogP contribution in [0.5, 0.6) is 0 Å². The van der Waals surface area contributed by atoms with Crippen molar-refractivity contribution < 1.29 is 23.1 Å². The Morgan fingerprint density at radius 2 is 2.00 bits per heavy atom. The van der Waals surface area contributed by atoms with Gasteiger partial charge in [-0.25, -0.2) is 4.39 Å². The van der Waals surface area contributed by atoms with Crippen LogP contribution < -0.4 is 5.32 Å². The summed E-state index contributed by atoms with van der Waals surface area (Å²) in [4.78, 5) is 29.4. The Hall–Kier alpha value is -2.71. The third-order valence-corrected chi connectivity index (χ3v) is 5.74. The maximum atomic E-state index is 13.8. The fourth-order valence-corrected chi connectivity index (χ4v) is 4.20. The van der Waals surface area contributed by atoms with Crippen molar-refractivity contribution in [1.82, 2.24) is 15.1 Å². The average molecular weight is 415 g/mol. The smallest absolute Gasteiger partial charge is 0.290 e. The van der Waals surface area contributed by atoms with E-state index < -0.39 is 6.04 Å². The van der Waals surface area contributed by atoms with Crippen LogP contribution in [0.15, 0.2) is 47.1 Å². The second-order valence-electron chi connectivity index (χ2n) is 7.60. The second kappa shape index (κ2) is 9.40. The molecule has 7 nitrogen and oxygen atoms in total. The van der Waals surface area contributed by atoms with Crippen molar-refractivity contribution in [2.24, 2.45) is 0 Å². The van der Waals surface area contributed by atoms with Gasteiger partial charge in [-0.2, -0.15) is 0 Å². The van der Waals surface area contributed by atoms with Gasteiger partial charge in [0, 0.05) is 26.2 Å². The molecule has 0 spiro atoms. The Labute approximate surface area is 174 Å². The van der Waals surface area contributed by atoms with Gasteiger partial charge < -0.3 is 19.4 Å². The molecule has 4 rings (SSSR count). The van der Waals surface area contributed by atoms with E-state index in [1.54, 1.807) is 23.1 Å². The highest BCUT2D eigenvalue weighted by atomic mass is 19.1. The van der Waals surface area contributed by atoms with Crippen molar-refractivity contribution in [2.45, 2.75) is 24.9 Å². The van der Waals surface area contributed by atoms with Crippen LogP contribution in [0.4, 0.5) is 4.39 Å². The fourth-order valence-electron chi connectivity index (χ4n) is 4.20. The Morgan fingerprint density at radius 3 is 2.73 bits per heavy atom. The highest BCUT2D eigenvalue weighted by Crippen LogP contribution is 2.24. The molecule has 2 aliphatic rings. The summed E-state index contributed by atoms with van der Waals surface area (Å²) in [7, 11) is 0. The minimum atomic E-state index is -0.527. The quantitative estimate of drug-likeness (QED) is 0.783. The molecule has 2 atom stereocenters. The van der Waals surface area contributed by atoms with Crippen LogP contribution in [0.3, 0.4) is 0 Å². The Morgan fingerprint density at radius 1 is 1.17 bits per heavy atom. The number of carbonyl (C=O) groups excluding carboxylic acids is 2. The Balaban J connectivity index is 1.44. The number of furan rings is 1. The van der Waals surface area contributed by atoms with E-state index in [4.69, 9.17) is 9.15 Å². The fraction of sp³-hybridized carbons (Fsp3) is 0.455. The minimum absolute atomic E-state index is 0.163. The molecular formula is C22H26FN3O4. The number of likely N-dealkylation sites (tertiary alicyclic amines) is 1. The molecule has 0 aliphatic carbocycles. The molecule has 1 N–H and O–H groups in total. The average Bonchev–Trinajstić information content (AvgIpc) is 3.46. The van der Waals surface area contributed by atoms with Crippen LogP contribution in [-0.4, -0.2) is 67.0 Å². The minimum Gasteiger partial charge on any atom is -0.459 e. The first-order chi connectivity index (χ1) is 14.6. The maximum absolute atomic E-state index is 13.8. The molecule has 160 valence electrons. The van der Waals surface area contributed by atoms with Crippen molar-refractivity contribution in [2.75, 3.05) is 39.4 Å². The van der Waals surface area contributed by atoms with Gasteiger partial charge in [0.05, 0.1) is 25.5 Å². The normalized spacial score (nSPS) is 20.8. The zero-order valence-electron chi connectivity index (χ0n) is 16.8. The van der Waals surface area contributed by atoms with Gasteiger partial charge in [0.2, 0.25) is 5.91 Å². The lowest BCUT2D eigenvalue weighted by Crippen LogP contribution is -2.49. The number of benzene rings is 1. The van der Waals surface area contributed by atoms with Crippen LogP contribution >= 0.6 is 0 Å². The molecule has 2 aliphatic heterocycles. The zero-order chi connectivity index (χ0) is 20.9. The maximum Gasteiger partial charge on any atom is 0.290 e. The second-order valence-corrected chi connectivity index (χ2v) is 7.60. The summed E-state index contributed by atoms with van der Waals surface area (Å²) in [6.07, 6.45) is 2.83. The molecule has 0 bridgehead atoms. The summed E-state index contributed by atoms with van der Waals surface area (Å²) in [5.41, 5.74) is 0.812. The summed E-state index contributed by atoms with van der Waals surface area (Å²) in [6.45, 7) is 3.49. The number of ether oxygens (including phenoxy) is 1. The number of halogens is 1. The van der Waals surface area contributed by atoms with E-state index in [-0.39, 0.29) is 29.4 Å². The van der Waals surface area contributed by atoms with Crippen LogP contribution in [0, 0.1) is 5.82 Å². The number of hydrogen-bond donors (Lipinski definition) is 1. The Kier molecular flexibility index (Phi) is 6.44. The molecule has 2 amide bonds. The van der Waals surface area contributed by atoms with Gasteiger partial charge in [-0.05, 0) is 42.7 Å². The van der Waals surface area contributed by atoms with Crippen molar-refractivity contribution in [3.63, 3.8) is 0 Å². The van der Waals surface area contributed by atoms with Crippen LogP contribution in [0.1, 0.15) is 35.0 Å². The summed E-state index contributed by atoms with van der Waals surface area (Å²) in [5.74, 6) is -0.529. The van der Waals surface area contributed by atoms with Crippen LogP contribution in [0.2, 0.25) is 0 Å². The summed E-state index contributed by atoms with van der Waals surface area (Å²) < 4.78 is 24.5. The van der Waals surface area contributed by atoms with E-state index in [2.05, 4.69) is 10.2 Å². The van der Waals surface area contributed by atoms with Crippen molar-refractivity contribution in [3.8, 4) is 0 Å². The number of carbonyl (C=O) groups is 2. The SMILES string of the molecule is O=C(NCC(c1cccc(F)c1)N1CCOCC1)C1CCCN1C(=O)c1ccco1. The lowest BCUT2D eigenvalue weighted by Gasteiger charge is -2.35.